The molecule has 2 aromatic rings. The minimum Gasteiger partial charge on any atom is -0.478 e. The van der Waals surface area contributed by atoms with Crippen molar-refractivity contribution in [3.05, 3.63) is 23.0 Å². The van der Waals surface area contributed by atoms with Gasteiger partial charge in [-0.15, -0.1) is 11.3 Å². The van der Waals surface area contributed by atoms with Gasteiger partial charge >= 0.3 is 16.3 Å². The third-order valence-corrected chi connectivity index (χ3v) is 7.98. The van der Waals surface area contributed by atoms with Crippen LogP contribution in [0.15, 0.2) is 21.7 Å². The number of thiazole rings is 1. The summed E-state index contributed by atoms with van der Waals surface area (Å²) in [4.78, 5) is 51.8. The molecule has 2 atom stereocenters. The number of β-lactam (4-membered cyclic amide) rings is 1. The number of rotatable bonds is 14. The summed E-state index contributed by atoms with van der Waals surface area (Å²) < 4.78 is 33.8. The van der Waals surface area contributed by atoms with Crippen molar-refractivity contribution in [1.82, 2.24) is 40.2 Å². The number of oxime groups is 1. The normalized spacial score (nSPS) is 19.9. The lowest BCUT2D eigenvalue weighted by Crippen LogP contribution is -2.73. The number of carboxylic acids is 1. The van der Waals surface area contributed by atoms with Crippen molar-refractivity contribution < 1.29 is 37.3 Å². The molecule has 1 saturated carbocycles. The Bertz CT molecular complexity index is 1530. The van der Waals surface area contributed by atoms with E-state index in [0.717, 1.165) is 22.6 Å². The summed E-state index contributed by atoms with van der Waals surface area (Å²) in [5.74, 6) is -2.94. The Kier molecular flexibility index (Phi) is 9.42. The first kappa shape index (κ1) is 31.5. The fourth-order valence-electron chi connectivity index (χ4n) is 3.92. The number of aliphatic imine (C=N–C) groups is 1. The van der Waals surface area contributed by atoms with E-state index >= 15 is 0 Å². The molecule has 2 aliphatic rings. The zero-order valence-corrected chi connectivity index (χ0v) is 24.3. The van der Waals surface area contributed by atoms with E-state index < -0.39 is 51.5 Å². The molecule has 0 radical (unpaired) electrons. The summed E-state index contributed by atoms with van der Waals surface area (Å²) in [7, 11) is -3.43. The van der Waals surface area contributed by atoms with Crippen molar-refractivity contribution in [2.75, 3.05) is 25.9 Å². The monoisotopic (exact) mass is 642 g/mol. The Balaban J connectivity index is 1.48. The van der Waals surface area contributed by atoms with Crippen LogP contribution in [0.1, 0.15) is 30.7 Å². The van der Waals surface area contributed by atoms with Gasteiger partial charge in [0.25, 0.3) is 11.8 Å². The molecule has 0 bridgehead atoms. The van der Waals surface area contributed by atoms with Gasteiger partial charge in [-0.25, -0.2) is 14.1 Å². The van der Waals surface area contributed by atoms with Crippen molar-refractivity contribution in [1.29, 1.82) is 0 Å². The molecule has 3 heterocycles. The summed E-state index contributed by atoms with van der Waals surface area (Å²) in [5.41, 5.74) is 9.44. The number of nitrogens with two attached hydrogens (primary N) is 2. The number of anilines is 1. The van der Waals surface area contributed by atoms with Crippen LogP contribution in [0.25, 0.3) is 0 Å². The summed E-state index contributed by atoms with van der Waals surface area (Å²) in [6, 6.07) is -2.80. The van der Waals surface area contributed by atoms with Gasteiger partial charge in [-0.2, -0.15) is 23.4 Å². The van der Waals surface area contributed by atoms with Crippen LogP contribution in [0.4, 0.5) is 5.13 Å². The highest BCUT2D eigenvalue weighted by Gasteiger charge is 2.56. The van der Waals surface area contributed by atoms with E-state index in [1.54, 1.807) is 7.05 Å². The molecule has 0 unspecified atom stereocenters. The van der Waals surface area contributed by atoms with Gasteiger partial charge in [-0.1, -0.05) is 5.16 Å². The van der Waals surface area contributed by atoms with E-state index in [1.165, 1.54) is 11.6 Å². The van der Waals surface area contributed by atoms with Gasteiger partial charge < -0.3 is 37.4 Å². The number of nitrogens with one attached hydrogen (secondary N) is 3. The number of nitrogens with zero attached hydrogens (tertiary/aromatic N) is 7. The van der Waals surface area contributed by atoms with E-state index in [0.29, 0.717) is 24.7 Å². The van der Waals surface area contributed by atoms with Crippen molar-refractivity contribution in [2.45, 2.75) is 50.0 Å². The summed E-state index contributed by atoms with van der Waals surface area (Å²) >= 11 is 0.970. The molecule has 4 rings (SSSR count). The molecule has 1 aliphatic carbocycles. The van der Waals surface area contributed by atoms with Crippen LogP contribution in [0.3, 0.4) is 0 Å². The van der Waals surface area contributed by atoms with Crippen LogP contribution in [0.5, 0.6) is 0 Å². The van der Waals surface area contributed by atoms with Crippen LogP contribution in [-0.4, -0.2) is 110 Å². The van der Waals surface area contributed by atoms with E-state index in [1.807, 2.05) is 0 Å². The van der Waals surface area contributed by atoms with E-state index in [-0.39, 0.29) is 41.1 Å². The first-order valence-corrected chi connectivity index (χ1v) is 15.0. The highest BCUT2D eigenvalue weighted by atomic mass is 32.2. The van der Waals surface area contributed by atoms with Gasteiger partial charge in [0, 0.05) is 31.8 Å². The number of nitrogen functional groups attached to an aromatic ring is 1. The number of aliphatic carboxylic acids is 1. The van der Waals surface area contributed by atoms with Crippen molar-refractivity contribution >= 4 is 56.2 Å². The molecule has 2 fully saturated rings. The number of aromatic nitrogens is 4. The van der Waals surface area contributed by atoms with Gasteiger partial charge in [0.15, 0.2) is 16.8 Å². The third kappa shape index (κ3) is 7.33. The number of amides is 2. The molecule has 22 heteroatoms. The topological polar surface area (TPSA) is 295 Å². The van der Waals surface area contributed by atoms with Gasteiger partial charge in [-0.3, -0.25) is 19.1 Å². The van der Waals surface area contributed by atoms with Crippen molar-refractivity contribution in [2.24, 2.45) is 15.9 Å². The quantitative estimate of drug-likeness (QED) is 0.0268. The minimum atomic E-state index is -5.01. The van der Waals surface area contributed by atoms with Crippen LogP contribution < -0.4 is 27.4 Å². The second-order valence-electron chi connectivity index (χ2n) is 9.42. The van der Waals surface area contributed by atoms with Crippen LogP contribution in [0, 0.1) is 0 Å². The lowest BCUT2D eigenvalue weighted by atomic mass is 9.98. The largest absolute Gasteiger partial charge is 0.478 e. The van der Waals surface area contributed by atoms with Gasteiger partial charge in [0.1, 0.15) is 23.5 Å². The van der Waals surface area contributed by atoms with Crippen molar-refractivity contribution in [3.63, 3.8) is 0 Å². The predicted molar refractivity (Wildman–Crippen MR) is 150 cm³/mol. The molecule has 1 saturated heterocycles. The standard InChI is InChI=1S/C21H30N12O8S2/c1-24-20(25-6-2-5-22)26-7-11-8-27-32(30-11)9-13-15(17(35)33(13)43(38,39)40)29-16(34)14(12-10-42-19(23)28-12)31-41-21(3-4-21)18(36)37/h8,10,13,15H,2-7,9,22H2,1H3,(H2,23,28)(H,29,34)(H,36,37)(H2,24,25,26)(H,38,39,40)/b31-14-/t13-,15+/m1/s1. The van der Waals surface area contributed by atoms with E-state index in [2.05, 4.69) is 41.3 Å². The number of carbonyl (C=O) groups excluding carboxylic acids is 2. The number of guanidine groups is 1. The minimum absolute atomic E-state index is 0.0606. The Morgan fingerprint density at radius 2 is 2.07 bits per heavy atom. The fourth-order valence-corrected chi connectivity index (χ4v) is 5.33. The summed E-state index contributed by atoms with van der Waals surface area (Å²) in [5, 5.41) is 31.3. The molecule has 2 amide bonds. The van der Waals surface area contributed by atoms with Gasteiger partial charge in [0.2, 0.25) is 5.60 Å². The Labute approximate surface area is 248 Å². The highest BCUT2D eigenvalue weighted by Crippen LogP contribution is 2.40. The molecule has 2 aromatic heterocycles. The summed E-state index contributed by atoms with van der Waals surface area (Å²) in [6.07, 6.45) is 2.47. The molecule has 9 N–H and O–H groups in total. The van der Waals surface area contributed by atoms with Gasteiger partial charge in [-0.05, 0) is 13.0 Å². The smallest absolute Gasteiger partial charge is 0.362 e. The van der Waals surface area contributed by atoms with Gasteiger partial charge in [0.05, 0.1) is 19.3 Å². The Morgan fingerprint density at radius 3 is 2.65 bits per heavy atom. The summed E-state index contributed by atoms with van der Waals surface area (Å²) in [6.45, 7) is 0.972. The molecule has 0 aromatic carbocycles. The second kappa shape index (κ2) is 12.8. The van der Waals surface area contributed by atoms with Crippen LogP contribution in [-0.2, 0) is 42.6 Å². The number of hydrogen-bond donors (Lipinski definition) is 7. The maximum atomic E-state index is 13.2. The molecule has 20 nitrogen and oxygen atoms in total. The molecular formula is C21H30N12O8S2. The maximum absolute atomic E-state index is 13.2. The zero-order valence-electron chi connectivity index (χ0n) is 22.7. The average Bonchev–Trinajstić information content (AvgIpc) is 3.41. The lowest BCUT2D eigenvalue weighted by Gasteiger charge is -2.43. The lowest BCUT2D eigenvalue weighted by molar-refractivity contribution is -0.153. The van der Waals surface area contributed by atoms with Crippen LogP contribution in [0.2, 0.25) is 0 Å². The Morgan fingerprint density at radius 1 is 1.33 bits per heavy atom. The molecule has 43 heavy (non-hydrogen) atoms. The highest BCUT2D eigenvalue weighted by molar-refractivity contribution is 7.84. The number of hydrogen-bond acceptors (Lipinski definition) is 14. The number of carboxylic acid groups (broad SMARTS) is 1. The SMILES string of the molecule is CN=C(NCCCN)NCc1cnn(C[C@@H]2[C@H](NC(=O)/C(=N\OC3(C(=O)O)CC3)c3csc(N)n3)C(=O)N2S(=O)(=O)O)n1. The maximum Gasteiger partial charge on any atom is 0.362 e. The zero-order chi connectivity index (χ0) is 31.4. The van der Waals surface area contributed by atoms with E-state index in [9.17, 15) is 32.5 Å². The first-order chi connectivity index (χ1) is 20.4. The fraction of sp³-hybridized carbons (Fsp3) is 0.524. The predicted octanol–water partition coefficient (Wildman–Crippen LogP) is -3.13. The Hall–Kier alpha value is -4.41. The van der Waals surface area contributed by atoms with Crippen molar-refractivity contribution in [3.8, 4) is 0 Å². The van der Waals surface area contributed by atoms with E-state index in [4.69, 9.17) is 16.3 Å². The first-order valence-electron chi connectivity index (χ1n) is 12.7. The third-order valence-electron chi connectivity index (χ3n) is 6.36. The molecular weight excluding hydrogens is 612 g/mol. The number of carbonyl (C=O) groups is 3. The average molecular weight is 643 g/mol. The molecule has 0 spiro atoms. The molecule has 234 valence electrons. The molecule has 1 aliphatic heterocycles. The van der Waals surface area contributed by atoms with Crippen LogP contribution >= 0.6 is 11.3 Å². The second-order valence-corrected chi connectivity index (χ2v) is 11.6.